The third-order valence-corrected chi connectivity index (χ3v) is 3.69. The molecule has 0 fully saturated rings. The zero-order valence-corrected chi connectivity index (χ0v) is 23.1. The summed E-state index contributed by atoms with van der Waals surface area (Å²) in [7, 11) is 0. The number of rotatable bonds is 18. The Morgan fingerprint density at radius 1 is 0.514 bits per heavy atom. The zero-order chi connectivity index (χ0) is 28.2. The molecule has 0 aliphatic rings. The predicted octanol–water partition coefficient (Wildman–Crippen LogP) is 1.01. The van der Waals surface area contributed by atoms with Gasteiger partial charge in [0.15, 0.2) is 35.0 Å². The van der Waals surface area contributed by atoms with Crippen molar-refractivity contribution in [3.63, 3.8) is 0 Å². The van der Waals surface area contributed by atoms with E-state index < -0.39 is 0 Å². The van der Waals surface area contributed by atoms with Gasteiger partial charge in [-0.1, -0.05) is 0 Å². The second kappa shape index (κ2) is 31.5. The van der Waals surface area contributed by atoms with Gasteiger partial charge in [0.05, 0.1) is 0 Å². The average molecular weight is 575 g/mol. The predicted molar refractivity (Wildman–Crippen MR) is 137 cm³/mol. The summed E-state index contributed by atoms with van der Waals surface area (Å²) in [5, 5.41) is 60.1. The number of ketones is 3. The van der Waals surface area contributed by atoms with Crippen LogP contribution in [0.15, 0.2) is 35.9 Å². The van der Waals surface area contributed by atoms with E-state index in [2.05, 4.69) is 16.0 Å². The van der Waals surface area contributed by atoms with Crippen LogP contribution in [0.3, 0.4) is 0 Å². The topological polar surface area (TPSA) is 209 Å². The monoisotopic (exact) mass is 575 g/mol. The van der Waals surface area contributed by atoms with Crippen molar-refractivity contribution >= 4 is 17.3 Å². The molecule has 13 heteroatoms. The molecule has 0 aromatic rings. The number of allylic oxidation sites excluding steroid dienone is 3. The Labute approximate surface area is 230 Å². The van der Waals surface area contributed by atoms with Crippen molar-refractivity contribution in [2.24, 2.45) is 0 Å². The minimum absolute atomic E-state index is 0. The molecule has 37 heavy (non-hydrogen) atoms. The first-order valence-corrected chi connectivity index (χ1v) is 11.8. The Bertz CT molecular complexity index is 594. The van der Waals surface area contributed by atoms with E-state index in [1.54, 1.807) is 0 Å². The third-order valence-electron chi connectivity index (χ3n) is 3.69. The van der Waals surface area contributed by atoms with E-state index in [9.17, 15) is 14.4 Å². The van der Waals surface area contributed by atoms with Crippen molar-refractivity contribution in [2.45, 2.75) is 59.3 Å². The normalized spacial score (nSPS) is 11.0. The van der Waals surface area contributed by atoms with Gasteiger partial charge < -0.3 is 46.6 Å². The van der Waals surface area contributed by atoms with E-state index in [0.29, 0.717) is 38.9 Å². The van der Waals surface area contributed by atoms with E-state index in [0.717, 1.165) is 37.5 Å². The quantitative estimate of drug-likeness (QED) is 0.0486. The fourth-order valence-electron chi connectivity index (χ4n) is 2.09. The molecular weight excluding hydrogens is 530 g/mol. The van der Waals surface area contributed by atoms with Crippen LogP contribution in [-0.4, -0.2) is 87.4 Å². The van der Waals surface area contributed by atoms with E-state index in [1.165, 1.54) is 20.8 Å². The number of aliphatic hydroxyl groups is 6. The first-order valence-electron chi connectivity index (χ1n) is 11.8. The molecule has 0 heterocycles. The number of hydrogen-bond acceptors (Lipinski definition) is 12. The smallest absolute Gasteiger partial charge is 0.187 e. The summed E-state index contributed by atoms with van der Waals surface area (Å²) in [6.45, 7) is 6.25. The minimum Gasteiger partial charge on any atom is -0.495 e. The number of carbonyl (C=O) groups excluding carboxylic acids is 3. The van der Waals surface area contributed by atoms with Gasteiger partial charge in [-0.05, 0) is 59.3 Å². The number of unbranched alkanes of at least 4 members (excludes halogenated alkanes) is 3. The van der Waals surface area contributed by atoms with Gasteiger partial charge in [0, 0.05) is 74.8 Å². The summed E-state index contributed by atoms with van der Waals surface area (Å²) in [5.74, 6) is -0.909. The van der Waals surface area contributed by atoms with Gasteiger partial charge in [0.1, 0.15) is 0 Å². The van der Waals surface area contributed by atoms with Crippen LogP contribution >= 0.6 is 0 Å². The Morgan fingerprint density at radius 3 is 0.892 bits per heavy atom. The van der Waals surface area contributed by atoms with Crippen molar-refractivity contribution < 1.29 is 62.1 Å². The molecule has 0 aromatic heterocycles. The van der Waals surface area contributed by atoms with Crippen LogP contribution in [-0.2, 0) is 31.5 Å². The Balaban J connectivity index is -0.000000218. The number of carbonyl (C=O) groups is 3. The molecule has 12 nitrogen and oxygen atoms in total. The van der Waals surface area contributed by atoms with Gasteiger partial charge >= 0.3 is 0 Å². The maximum absolute atomic E-state index is 10.4. The molecule has 0 unspecified atom stereocenters. The summed E-state index contributed by atoms with van der Waals surface area (Å²) < 4.78 is 0. The van der Waals surface area contributed by atoms with Gasteiger partial charge in [0.25, 0.3) is 0 Å². The van der Waals surface area contributed by atoms with Crippen molar-refractivity contribution in [3.05, 3.63) is 35.9 Å². The number of nitrogens with one attached hydrogen (secondary N) is 3. The van der Waals surface area contributed by atoms with Gasteiger partial charge in [-0.25, -0.2) is 0 Å². The standard InChI is InChI=1S/3C8H15NO3.Fe/c3*1-7(11)6-8(12)9-4-2-3-5-10;/h3*6,9-10,12H,2-5H2,1H3;. The molecule has 0 aliphatic heterocycles. The SMILES string of the molecule is CC(=O)C=C(O)NCCCCO.CC(=O)C=C(O)NCCCCO.CC(=O)C=C(O)NCCCCO.[Fe]. The molecule has 0 saturated carbocycles. The summed E-state index contributed by atoms with van der Waals surface area (Å²) in [6, 6.07) is 0. The van der Waals surface area contributed by atoms with Crippen molar-refractivity contribution in [2.75, 3.05) is 39.5 Å². The molecule has 0 rings (SSSR count). The molecule has 0 spiro atoms. The fourth-order valence-corrected chi connectivity index (χ4v) is 2.09. The summed E-state index contributed by atoms with van der Waals surface area (Å²) >= 11 is 0. The minimum atomic E-state index is -0.192. The number of hydrogen-bond donors (Lipinski definition) is 9. The summed E-state index contributed by atoms with van der Waals surface area (Å²) in [4.78, 5) is 31.3. The Kier molecular flexibility index (Phi) is 35.3. The average Bonchev–Trinajstić information content (AvgIpc) is 2.77. The molecule has 0 saturated heterocycles. The van der Waals surface area contributed by atoms with Crippen LogP contribution in [0, 0.1) is 0 Å². The molecular formula is C24H45FeN3O9. The maximum Gasteiger partial charge on any atom is 0.187 e. The van der Waals surface area contributed by atoms with Gasteiger partial charge in [-0.2, -0.15) is 0 Å². The second-order valence-corrected chi connectivity index (χ2v) is 7.49. The third kappa shape index (κ3) is 43.9. The molecule has 0 bridgehead atoms. The largest absolute Gasteiger partial charge is 0.495 e. The van der Waals surface area contributed by atoms with Crippen molar-refractivity contribution in [1.29, 1.82) is 0 Å². The maximum atomic E-state index is 10.4. The van der Waals surface area contributed by atoms with Crippen LogP contribution in [0.4, 0.5) is 0 Å². The van der Waals surface area contributed by atoms with Crippen molar-refractivity contribution in [1.82, 2.24) is 16.0 Å². The molecule has 0 radical (unpaired) electrons. The molecule has 0 amide bonds. The first-order chi connectivity index (χ1) is 17.0. The van der Waals surface area contributed by atoms with Crippen LogP contribution < -0.4 is 16.0 Å². The second-order valence-electron chi connectivity index (χ2n) is 7.49. The summed E-state index contributed by atoms with van der Waals surface area (Å²) in [6.07, 6.45) is 7.77. The zero-order valence-electron chi connectivity index (χ0n) is 22.0. The molecule has 0 aromatic carbocycles. The van der Waals surface area contributed by atoms with E-state index in [-0.39, 0.29) is 71.9 Å². The van der Waals surface area contributed by atoms with Crippen LogP contribution in [0.5, 0.6) is 0 Å². The van der Waals surface area contributed by atoms with Gasteiger partial charge in [-0.3, -0.25) is 14.4 Å². The molecule has 0 aliphatic carbocycles. The van der Waals surface area contributed by atoms with Gasteiger partial charge in [-0.15, -0.1) is 0 Å². The van der Waals surface area contributed by atoms with Crippen LogP contribution in [0.25, 0.3) is 0 Å². The van der Waals surface area contributed by atoms with Gasteiger partial charge in [0.2, 0.25) is 0 Å². The Hall–Kier alpha value is -2.57. The fraction of sp³-hybridized carbons (Fsp3) is 0.625. The van der Waals surface area contributed by atoms with Crippen LogP contribution in [0.2, 0.25) is 0 Å². The molecule has 9 N–H and O–H groups in total. The van der Waals surface area contributed by atoms with E-state index in [4.69, 9.17) is 30.6 Å². The van der Waals surface area contributed by atoms with E-state index in [1.807, 2.05) is 0 Å². The van der Waals surface area contributed by atoms with E-state index >= 15 is 0 Å². The molecule has 218 valence electrons. The number of aliphatic hydroxyl groups excluding tert-OH is 6. The summed E-state index contributed by atoms with van der Waals surface area (Å²) in [5.41, 5.74) is 0. The molecule has 0 atom stereocenters. The van der Waals surface area contributed by atoms with Crippen LogP contribution in [0.1, 0.15) is 59.3 Å². The first kappa shape index (κ1) is 41.6. The Morgan fingerprint density at radius 2 is 0.730 bits per heavy atom. The van der Waals surface area contributed by atoms with Crippen molar-refractivity contribution in [3.8, 4) is 0 Å².